The Labute approximate surface area is 171 Å². The number of likely N-dealkylation sites (N-methyl/N-ethyl adjacent to an activating group) is 1. The highest BCUT2D eigenvalue weighted by Gasteiger charge is 2.19. The molecule has 0 fully saturated rings. The Morgan fingerprint density at radius 2 is 1.87 bits per heavy atom. The van der Waals surface area contributed by atoms with E-state index < -0.39 is 11.2 Å². The highest BCUT2D eigenvalue weighted by molar-refractivity contribution is 5.79. The minimum Gasteiger partial charge on any atom is -0.486 e. The molecule has 0 unspecified atom stereocenters. The molecule has 1 aromatic carbocycles. The first-order valence-corrected chi connectivity index (χ1v) is 9.67. The molecule has 0 aliphatic carbocycles. The largest absolute Gasteiger partial charge is 0.486 e. The van der Waals surface area contributed by atoms with E-state index in [1.54, 1.807) is 11.9 Å². The molecule has 1 aliphatic rings. The van der Waals surface area contributed by atoms with E-state index in [-0.39, 0.29) is 23.6 Å². The minimum absolute atomic E-state index is 0.0532. The van der Waals surface area contributed by atoms with Crippen LogP contribution >= 0.6 is 0 Å². The van der Waals surface area contributed by atoms with Crippen LogP contribution < -0.4 is 20.7 Å². The lowest BCUT2D eigenvalue weighted by molar-refractivity contribution is -0.132. The van der Waals surface area contributed by atoms with Crippen molar-refractivity contribution in [3.8, 4) is 11.5 Å². The molecule has 0 saturated carbocycles. The average molecular weight is 413 g/mol. The van der Waals surface area contributed by atoms with Crippen LogP contribution in [0.15, 0.2) is 34.1 Å². The Morgan fingerprint density at radius 1 is 1.13 bits per heavy atom. The van der Waals surface area contributed by atoms with Gasteiger partial charge in [-0.3, -0.25) is 18.7 Å². The summed E-state index contributed by atoms with van der Waals surface area (Å²) < 4.78 is 14.9. The molecule has 3 heterocycles. The van der Waals surface area contributed by atoms with Crippen molar-refractivity contribution in [2.45, 2.75) is 20.0 Å². The highest BCUT2D eigenvalue weighted by Crippen LogP contribution is 2.31. The van der Waals surface area contributed by atoms with E-state index in [4.69, 9.17) is 9.47 Å². The quantitative estimate of drug-likeness (QED) is 0.595. The Morgan fingerprint density at radius 3 is 2.60 bits per heavy atom. The zero-order valence-electron chi connectivity index (χ0n) is 17.1. The maximum atomic E-state index is 13.0. The number of benzene rings is 1. The second-order valence-corrected chi connectivity index (χ2v) is 7.14. The number of aryl methyl sites for hydroxylation is 1. The Kier molecular flexibility index (Phi) is 5.06. The van der Waals surface area contributed by atoms with Crippen LogP contribution in [-0.4, -0.2) is 49.3 Å². The standard InChI is InChI=1S/C20H23N5O5/c1-4-24(10-13-5-6-14-15(9-13)30-8-7-29-14)16(26)11-25-12-21-18-17(25)19(27)23(3)20(28)22(18)2/h5-6,9,12H,4,7-8,10-11H2,1-3H3. The molecule has 0 bridgehead atoms. The van der Waals surface area contributed by atoms with Gasteiger partial charge in [-0.2, -0.15) is 0 Å². The molecular formula is C20H23N5O5. The molecule has 10 heteroatoms. The number of carbonyl (C=O) groups excluding carboxylic acids is 1. The molecule has 2 aromatic heterocycles. The second kappa shape index (κ2) is 7.69. The van der Waals surface area contributed by atoms with Gasteiger partial charge in [-0.1, -0.05) is 6.07 Å². The third kappa shape index (κ3) is 3.34. The molecule has 1 aliphatic heterocycles. The van der Waals surface area contributed by atoms with E-state index in [9.17, 15) is 14.4 Å². The molecule has 0 spiro atoms. The second-order valence-electron chi connectivity index (χ2n) is 7.14. The van der Waals surface area contributed by atoms with Gasteiger partial charge >= 0.3 is 5.69 Å². The zero-order chi connectivity index (χ0) is 21.4. The van der Waals surface area contributed by atoms with Gasteiger partial charge < -0.3 is 18.9 Å². The van der Waals surface area contributed by atoms with Crippen LogP contribution in [0.3, 0.4) is 0 Å². The van der Waals surface area contributed by atoms with Crippen LogP contribution in [0.25, 0.3) is 11.2 Å². The first kappa shape index (κ1) is 19.7. The van der Waals surface area contributed by atoms with Gasteiger partial charge in [-0.15, -0.1) is 0 Å². The third-order valence-electron chi connectivity index (χ3n) is 5.24. The molecule has 10 nitrogen and oxygen atoms in total. The van der Waals surface area contributed by atoms with E-state index in [2.05, 4.69) is 4.98 Å². The van der Waals surface area contributed by atoms with Crippen molar-refractivity contribution in [1.82, 2.24) is 23.6 Å². The van der Waals surface area contributed by atoms with Crippen molar-refractivity contribution in [3.05, 3.63) is 50.9 Å². The van der Waals surface area contributed by atoms with Gasteiger partial charge in [0, 0.05) is 27.2 Å². The molecule has 0 N–H and O–H groups in total. The van der Waals surface area contributed by atoms with Crippen molar-refractivity contribution < 1.29 is 14.3 Å². The van der Waals surface area contributed by atoms with Gasteiger partial charge in [0.15, 0.2) is 22.7 Å². The lowest BCUT2D eigenvalue weighted by atomic mass is 10.1. The van der Waals surface area contributed by atoms with Crippen LogP contribution in [0.1, 0.15) is 12.5 Å². The number of amides is 1. The Balaban J connectivity index is 1.58. The van der Waals surface area contributed by atoms with Crippen molar-refractivity contribution in [1.29, 1.82) is 0 Å². The number of rotatable bonds is 5. The van der Waals surface area contributed by atoms with E-state index in [0.29, 0.717) is 37.8 Å². The average Bonchev–Trinajstić information content (AvgIpc) is 3.18. The predicted molar refractivity (Wildman–Crippen MR) is 109 cm³/mol. The molecule has 0 atom stereocenters. The van der Waals surface area contributed by atoms with Gasteiger partial charge in [0.25, 0.3) is 5.56 Å². The van der Waals surface area contributed by atoms with Crippen molar-refractivity contribution in [2.24, 2.45) is 14.1 Å². The summed E-state index contributed by atoms with van der Waals surface area (Å²) >= 11 is 0. The van der Waals surface area contributed by atoms with E-state index in [0.717, 1.165) is 10.1 Å². The van der Waals surface area contributed by atoms with Crippen LogP contribution in [0.5, 0.6) is 11.5 Å². The maximum absolute atomic E-state index is 13.0. The lowest BCUT2D eigenvalue weighted by Gasteiger charge is -2.23. The van der Waals surface area contributed by atoms with Crippen LogP contribution in [0.4, 0.5) is 0 Å². The van der Waals surface area contributed by atoms with Gasteiger partial charge in [-0.25, -0.2) is 9.78 Å². The summed E-state index contributed by atoms with van der Waals surface area (Å²) in [5.41, 5.74) is 0.462. The fraction of sp³-hybridized carbons (Fsp3) is 0.400. The predicted octanol–water partition coefficient (Wildman–Crippen LogP) is 0.254. The molecule has 30 heavy (non-hydrogen) atoms. The fourth-order valence-corrected chi connectivity index (χ4v) is 3.55. The minimum atomic E-state index is -0.478. The highest BCUT2D eigenvalue weighted by atomic mass is 16.6. The lowest BCUT2D eigenvalue weighted by Crippen LogP contribution is -2.38. The summed E-state index contributed by atoms with van der Waals surface area (Å²) in [4.78, 5) is 43.5. The number of hydrogen-bond donors (Lipinski definition) is 0. The Hall–Kier alpha value is -3.56. The summed E-state index contributed by atoms with van der Waals surface area (Å²) in [6.45, 7) is 3.76. The molecule has 3 aromatic rings. The number of ether oxygens (including phenoxy) is 2. The molecule has 0 radical (unpaired) electrons. The van der Waals surface area contributed by atoms with Crippen LogP contribution in [-0.2, 0) is 32.0 Å². The summed E-state index contributed by atoms with van der Waals surface area (Å²) in [5, 5.41) is 0. The van der Waals surface area contributed by atoms with E-state index >= 15 is 0 Å². The summed E-state index contributed by atoms with van der Waals surface area (Å²) in [5.74, 6) is 1.21. The van der Waals surface area contributed by atoms with E-state index in [1.807, 2.05) is 25.1 Å². The van der Waals surface area contributed by atoms with E-state index in [1.165, 1.54) is 22.5 Å². The normalized spacial score (nSPS) is 12.9. The summed E-state index contributed by atoms with van der Waals surface area (Å²) in [6.07, 6.45) is 1.42. The number of imidazole rings is 1. The van der Waals surface area contributed by atoms with Crippen molar-refractivity contribution >= 4 is 17.1 Å². The first-order valence-electron chi connectivity index (χ1n) is 9.67. The van der Waals surface area contributed by atoms with Crippen molar-refractivity contribution in [2.75, 3.05) is 19.8 Å². The molecule has 1 amide bonds. The van der Waals surface area contributed by atoms with Gasteiger partial charge in [-0.05, 0) is 24.6 Å². The molecule has 4 rings (SSSR count). The zero-order valence-corrected chi connectivity index (χ0v) is 17.1. The third-order valence-corrected chi connectivity index (χ3v) is 5.24. The van der Waals surface area contributed by atoms with Crippen LogP contribution in [0.2, 0.25) is 0 Å². The topological polar surface area (TPSA) is 101 Å². The Bertz CT molecular complexity index is 1240. The maximum Gasteiger partial charge on any atom is 0.332 e. The van der Waals surface area contributed by atoms with Gasteiger partial charge in [0.05, 0.1) is 6.33 Å². The number of hydrogen-bond acceptors (Lipinski definition) is 6. The first-order chi connectivity index (χ1) is 14.4. The molecule has 0 saturated heterocycles. The monoisotopic (exact) mass is 413 g/mol. The fourth-order valence-electron chi connectivity index (χ4n) is 3.55. The number of nitrogens with zero attached hydrogens (tertiary/aromatic N) is 5. The van der Waals surface area contributed by atoms with Gasteiger partial charge in [0.2, 0.25) is 5.91 Å². The van der Waals surface area contributed by atoms with Crippen molar-refractivity contribution in [3.63, 3.8) is 0 Å². The molecular weight excluding hydrogens is 390 g/mol. The van der Waals surface area contributed by atoms with Crippen LogP contribution in [0, 0.1) is 0 Å². The number of aromatic nitrogens is 4. The summed E-state index contributed by atoms with van der Waals surface area (Å²) in [6, 6.07) is 5.62. The SMILES string of the molecule is CCN(Cc1ccc2c(c1)OCCO2)C(=O)Cn1cnc2c1c(=O)n(C)c(=O)n2C. The smallest absolute Gasteiger partial charge is 0.332 e. The summed E-state index contributed by atoms with van der Waals surface area (Å²) in [7, 11) is 2.95. The number of fused-ring (bicyclic) bond motifs is 2. The number of carbonyl (C=O) groups is 1. The molecule has 158 valence electrons. The van der Waals surface area contributed by atoms with Gasteiger partial charge in [0.1, 0.15) is 19.8 Å².